The Morgan fingerprint density at radius 3 is 2.79 bits per heavy atom. The average Bonchev–Trinajstić information content (AvgIpc) is 2.54. The quantitative estimate of drug-likeness (QED) is 0.787. The minimum Gasteiger partial charge on any atom is -0.326 e. The molecule has 24 heavy (non-hydrogen) atoms. The van der Waals surface area contributed by atoms with Gasteiger partial charge in [-0.2, -0.15) is 5.26 Å². The zero-order valence-electron chi connectivity index (χ0n) is 14.2. The normalized spacial score (nSPS) is 10.5. The van der Waals surface area contributed by atoms with Crippen molar-refractivity contribution in [2.75, 3.05) is 11.1 Å². The Morgan fingerprint density at radius 2 is 2.12 bits per heavy atom. The van der Waals surface area contributed by atoms with E-state index in [1.807, 2.05) is 37.3 Å². The number of nitriles is 1. The minimum absolute atomic E-state index is 0.0355. The van der Waals surface area contributed by atoms with Crippen molar-refractivity contribution in [3.63, 3.8) is 0 Å². The molecule has 0 saturated carbocycles. The zero-order chi connectivity index (χ0) is 17.5. The Hall–Kier alpha value is -2.32. The molecule has 2 rings (SSSR count). The maximum atomic E-state index is 12.0. The van der Waals surface area contributed by atoms with Crippen LogP contribution in [0.4, 0.5) is 5.69 Å². The van der Waals surface area contributed by atoms with Gasteiger partial charge in [0.05, 0.1) is 5.56 Å². The van der Waals surface area contributed by atoms with E-state index in [-0.39, 0.29) is 5.91 Å². The van der Waals surface area contributed by atoms with Crippen LogP contribution in [0.25, 0.3) is 0 Å². The summed E-state index contributed by atoms with van der Waals surface area (Å²) >= 11 is 1.45. The molecule has 0 aliphatic carbocycles. The summed E-state index contributed by atoms with van der Waals surface area (Å²) in [5.41, 5.74) is 3.43. The van der Waals surface area contributed by atoms with Crippen molar-refractivity contribution in [1.29, 1.82) is 5.26 Å². The first-order valence-corrected chi connectivity index (χ1v) is 8.88. The van der Waals surface area contributed by atoms with Crippen LogP contribution in [0.5, 0.6) is 0 Å². The lowest BCUT2D eigenvalue weighted by Gasteiger charge is -2.09. The van der Waals surface area contributed by atoms with Crippen LogP contribution in [0.3, 0.4) is 0 Å². The van der Waals surface area contributed by atoms with Gasteiger partial charge >= 0.3 is 0 Å². The van der Waals surface area contributed by atoms with E-state index in [0.717, 1.165) is 16.9 Å². The maximum Gasteiger partial charge on any atom is 0.225 e. The Balaban J connectivity index is 1.93. The molecule has 0 spiro atoms. The number of pyridine rings is 1. The first-order chi connectivity index (χ1) is 11.5. The second kappa shape index (κ2) is 8.51. The molecule has 2 aromatic rings. The highest BCUT2D eigenvalue weighted by Crippen LogP contribution is 2.24. The molecule has 0 aliphatic heterocycles. The van der Waals surface area contributed by atoms with Gasteiger partial charge in [-0.15, -0.1) is 11.8 Å². The third-order valence-corrected chi connectivity index (χ3v) is 4.46. The van der Waals surface area contributed by atoms with Gasteiger partial charge in [0.25, 0.3) is 0 Å². The van der Waals surface area contributed by atoms with E-state index in [1.54, 1.807) is 6.07 Å². The number of nitrogens with one attached hydrogen (secondary N) is 1. The van der Waals surface area contributed by atoms with Crippen molar-refractivity contribution >= 4 is 23.4 Å². The smallest absolute Gasteiger partial charge is 0.225 e. The Morgan fingerprint density at radius 1 is 1.33 bits per heavy atom. The number of aryl methyl sites for hydroxylation is 1. The van der Waals surface area contributed by atoms with E-state index in [4.69, 9.17) is 0 Å². The number of anilines is 1. The summed E-state index contributed by atoms with van der Waals surface area (Å²) < 4.78 is 0. The number of hydrogen-bond donors (Lipinski definition) is 1. The lowest BCUT2D eigenvalue weighted by Crippen LogP contribution is -2.12. The molecule has 0 bridgehead atoms. The molecular formula is C19H21N3OS. The standard InChI is InChI=1S/C19H21N3OS/c1-13(2)17-8-7-15(12-20)19(22-17)24-10-9-18(23)21-16-6-4-5-14(3)11-16/h4-8,11,13H,9-10H2,1-3H3,(H,21,23). The number of carbonyl (C=O) groups is 1. The van der Waals surface area contributed by atoms with Crippen LogP contribution in [0.2, 0.25) is 0 Å². The monoisotopic (exact) mass is 339 g/mol. The van der Waals surface area contributed by atoms with Gasteiger partial charge in [0.1, 0.15) is 11.1 Å². The molecule has 1 N–H and O–H groups in total. The van der Waals surface area contributed by atoms with Crippen molar-refractivity contribution in [1.82, 2.24) is 4.98 Å². The molecule has 0 atom stereocenters. The van der Waals surface area contributed by atoms with Crippen LogP contribution in [-0.2, 0) is 4.79 Å². The van der Waals surface area contributed by atoms with Crippen LogP contribution >= 0.6 is 11.8 Å². The molecule has 0 aliphatic rings. The molecule has 1 heterocycles. The fourth-order valence-corrected chi connectivity index (χ4v) is 3.08. The number of thioether (sulfide) groups is 1. The van der Waals surface area contributed by atoms with Crippen molar-refractivity contribution < 1.29 is 4.79 Å². The highest BCUT2D eigenvalue weighted by atomic mass is 32.2. The number of aromatic nitrogens is 1. The maximum absolute atomic E-state index is 12.0. The summed E-state index contributed by atoms with van der Waals surface area (Å²) in [5, 5.41) is 12.8. The summed E-state index contributed by atoms with van der Waals surface area (Å²) in [6, 6.07) is 13.6. The summed E-state index contributed by atoms with van der Waals surface area (Å²) in [4.78, 5) is 16.6. The molecule has 0 fully saturated rings. The van der Waals surface area contributed by atoms with E-state index in [1.165, 1.54) is 11.8 Å². The molecule has 1 aromatic heterocycles. The molecular weight excluding hydrogens is 318 g/mol. The van der Waals surface area contributed by atoms with Crippen LogP contribution in [0.1, 0.15) is 43.0 Å². The van der Waals surface area contributed by atoms with Crippen LogP contribution in [0.15, 0.2) is 41.4 Å². The van der Waals surface area contributed by atoms with Crippen LogP contribution in [0, 0.1) is 18.3 Å². The third-order valence-electron chi connectivity index (χ3n) is 3.46. The second-order valence-corrected chi connectivity index (χ2v) is 6.96. The third kappa shape index (κ3) is 5.10. The predicted octanol–water partition coefficient (Wildman–Crippen LogP) is 4.51. The lowest BCUT2D eigenvalue weighted by atomic mass is 10.1. The highest BCUT2D eigenvalue weighted by molar-refractivity contribution is 7.99. The van der Waals surface area contributed by atoms with Crippen molar-refractivity contribution in [2.24, 2.45) is 0 Å². The van der Waals surface area contributed by atoms with Gasteiger partial charge < -0.3 is 5.32 Å². The summed E-state index contributed by atoms with van der Waals surface area (Å²) in [6.45, 7) is 6.12. The molecule has 0 radical (unpaired) electrons. The lowest BCUT2D eigenvalue weighted by molar-refractivity contribution is -0.115. The fourth-order valence-electron chi connectivity index (χ4n) is 2.16. The van der Waals surface area contributed by atoms with Gasteiger partial charge in [-0.05, 0) is 42.7 Å². The molecule has 4 nitrogen and oxygen atoms in total. The zero-order valence-corrected chi connectivity index (χ0v) is 15.0. The van der Waals surface area contributed by atoms with E-state index < -0.39 is 0 Å². The fraction of sp³-hybridized carbons (Fsp3) is 0.316. The summed E-state index contributed by atoms with van der Waals surface area (Å²) in [7, 11) is 0. The van der Waals surface area contributed by atoms with Crippen molar-refractivity contribution in [2.45, 2.75) is 38.1 Å². The number of rotatable bonds is 6. The van der Waals surface area contributed by atoms with Crippen LogP contribution < -0.4 is 5.32 Å². The van der Waals surface area contributed by atoms with Gasteiger partial charge in [-0.3, -0.25) is 4.79 Å². The number of nitrogens with zero attached hydrogens (tertiary/aromatic N) is 2. The van der Waals surface area contributed by atoms with Gasteiger partial charge in [0.15, 0.2) is 0 Å². The highest BCUT2D eigenvalue weighted by Gasteiger charge is 2.10. The molecule has 1 aromatic carbocycles. The predicted molar refractivity (Wildman–Crippen MR) is 98.2 cm³/mol. The molecule has 5 heteroatoms. The first kappa shape index (κ1) is 18.0. The molecule has 0 saturated heterocycles. The van der Waals surface area contributed by atoms with Crippen LogP contribution in [-0.4, -0.2) is 16.6 Å². The molecule has 124 valence electrons. The molecule has 1 amide bonds. The largest absolute Gasteiger partial charge is 0.326 e. The molecule has 0 unspecified atom stereocenters. The van der Waals surface area contributed by atoms with Gasteiger partial charge in [-0.25, -0.2) is 4.98 Å². The van der Waals surface area contributed by atoms with E-state index in [0.29, 0.717) is 28.7 Å². The van der Waals surface area contributed by atoms with Crippen molar-refractivity contribution in [3.05, 3.63) is 53.2 Å². The van der Waals surface area contributed by atoms with E-state index in [9.17, 15) is 10.1 Å². The number of carbonyl (C=O) groups excluding carboxylic acids is 1. The number of amides is 1. The Kier molecular flexibility index (Phi) is 6.39. The topological polar surface area (TPSA) is 65.8 Å². The first-order valence-electron chi connectivity index (χ1n) is 7.90. The van der Waals surface area contributed by atoms with Gasteiger partial charge in [-0.1, -0.05) is 26.0 Å². The van der Waals surface area contributed by atoms with Gasteiger partial charge in [0.2, 0.25) is 5.91 Å². The second-order valence-electron chi connectivity index (χ2n) is 5.87. The van der Waals surface area contributed by atoms with E-state index in [2.05, 4.69) is 30.2 Å². The summed E-state index contributed by atoms with van der Waals surface area (Å²) in [6.07, 6.45) is 0.372. The van der Waals surface area contributed by atoms with Crippen molar-refractivity contribution in [3.8, 4) is 6.07 Å². The number of benzene rings is 1. The Labute approximate surface area is 147 Å². The van der Waals surface area contributed by atoms with E-state index >= 15 is 0 Å². The minimum atomic E-state index is -0.0355. The number of hydrogen-bond acceptors (Lipinski definition) is 4. The Bertz CT molecular complexity index is 765. The average molecular weight is 339 g/mol. The SMILES string of the molecule is Cc1cccc(NC(=O)CCSc2nc(C(C)C)ccc2C#N)c1. The van der Waals surface area contributed by atoms with Gasteiger partial charge in [0, 0.05) is 23.6 Å². The summed E-state index contributed by atoms with van der Waals surface area (Å²) in [5.74, 6) is 0.856.